The van der Waals surface area contributed by atoms with Crippen LogP contribution < -0.4 is 5.32 Å². The minimum atomic E-state index is -1.08. The van der Waals surface area contributed by atoms with Crippen molar-refractivity contribution in [2.45, 2.75) is 31.3 Å². The minimum absolute atomic E-state index is 0.147. The Morgan fingerprint density at radius 1 is 0.943 bits per heavy atom. The molecule has 0 unspecified atom stereocenters. The van der Waals surface area contributed by atoms with Gasteiger partial charge in [0.25, 0.3) is 5.91 Å². The van der Waals surface area contributed by atoms with Gasteiger partial charge in [0.1, 0.15) is 5.54 Å². The zero-order valence-corrected chi connectivity index (χ0v) is 19.8. The molecule has 2 amide bonds. The Bertz CT molecular complexity index is 1360. The summed E-state index contributed by atoms with van der Waals surface area (Å²) in [5.74, 6) is -0.320. The van der Waals surface area contributed by atoms with Crippen molar-refractivity contribution >= 4 is 22.7 Å². The molecule has 176 valence electrons. The van der Waals surface area contributed by atoms with Crippen LogP contribution >= 0.6 is 0 Å². The van der Waals surface area contributed by atoms with Gasteiger partial charge in [0.2, 0.25) is 5.91 Å². The largest absolute Gasteiger partial charge is 0.361 e. The molecule has 0 saturated carbocycles. The van der Waals surface area contributed by atoms with Gasteiger partial charge in [0.15, 0.2) is 0 Å². The Hall–Kier alpha value is -4.12. The number of nitrogens with one attached hydrogen (secondary N) is 2. The summed E-state index contributed by atoms with van der Waals surface area (Å²) < 4.78 is 0. The van der Waals surface area contributed by atoms with E-state index in [0.717, 1.165) is 22.0 Å². The maximum atomic E-state index is 13.7. The summed E-state index contributed by atoms with van der Waals surface area (Å²) in [4.78, 5) is 32.2. The van der Waals surface area contributed by atoms with Crippen molar-refractivity contribution in [2.75, 3.05) is 6.54 Å². The van der Waals surface area contributed by atoms with Gasteiger partial charge in [-0.1, -0.05) is 78.9 Å². The van der Waals surface area contributed by atoms with E-state index in [9.17, 15) is 9.59 Å². The van der Waals surface area contributed by atoms with Crippen LogP contribution in [0.3, 0.4) is 0 Å². The number of aromatic nitrogens is 1. The van der Waals surface area contributed by atoms with Crippen LogP contribution in [-0.2, 0) is 17.6 Å². The van der Waals surface area contributed by atoms with Gasteiger partial charge in [-0.15, -0.1) is 0 Å². The fraction of sp³-hybridized carbons (Fsp3) is 0.200. The Labute approximate surface area is 205 Å². The van der Waals surface area contributed by atoms with Gasteiger partial charge in [0.05, 0.1) is 6.04 Å². The lowest BCUT2D eigenvalue weighted by molar-refractivity contribution is -0.128. The van der Waals surface area contributed by atoms with Gasteiger partial charge >= 0.3 is 0 Å². The number of carbonyl (C=O) groups excluding carboxylic acids is 2. The maximum absolute atomic E-state index is 13.7. The molecule has 3 aromatic carbocycles. The molecule has 0 bridgehead atoms. The van der Waals surface area contributed by atoms with Gasteiger partial charge in [-0.2, -0.15) is 0 Å². The average Bonchev–Trinajstić information content (AvgIpc) is 3.46. The second kappa shape index (κ2) is 9.63. The smallest absolute Gasteiger partial charge is 0.255 e. The molecule has 0 fully saturated rings. The number of H-pyrrole nitrogens is 1. The van der Waals surface area contributed by atoms with E-state index in [-0.39, 0.29) is 17.9 Å². The second-order valence-corrected chi connectivity index (χ2v) is 9.17. The molecular weight excluding hydrogens is 434 g/mol. The number of hydrogen-bond acceptors (Lipinski definition) is 2. The molecular formula is C30H29N3O2. The van der Waals surface area contributed by atoms with Crippen molar-refractivity contribution in [2.24, 2.45) is 0 Å². The monoisotopic (exact) mass is 463 g/mol. The second-order valence-electron chi connectivity index (χ2n) is 9.17. The molecule has 35 heavy (non-hydrogen) atoms. The lowest BCUT2D eigenvalue weighted by Crippen LogP contribution is -2.58. The van der Waals surface area contributed by atoms with Crippen LogP contribution in [0.4, 0.5) is 0 Å². The van der Waals surface area contributed by atoms with Crippen molar-refractivity contribution in [1.82, 2.24) is 15.2 Å². The third-order valence-electron chi connectivity index (χ3n) is 6.82. The number of rotatable bonds is 7. The van der Waals surface area contributed by atoms with Crippen LogP contribution in [0.25, 0.3) is 10.9 Å². The van der Waals surface area contributed by atoms with Gasteiger partial charge in [-0.05, 0) is 49.1 Å². The van der Waals surface area contributed by atoms with E-state index in [4.69, 9.17) is 0 Å². The molecule has 5 nitrogen and oxygen atoms in total. The molecule has 2 N–H and O–H groups in total. The molecule has 0 saturated heterocycles. The number of benzene rings is 3. The summed E-state index contributed by atoms with van der Waals surface area (Å²) in [7, 11) is 0. The van der Waals surface area contributed by atoms with Crippen molar-refractivity contribution in [3.8, 4) is 0 Å². The van der Waals surface area contributed by atoms with Crippen LogP contribution in [0.15, 0.2) is 103 Å². The third kappa shape index (κ3) is 4.50. The highest BCUT2D eigenvalue weighted by molar-refractivity contribution is 6.01. The molecule has 0 spiro atoms. The lowest BCUT2D eigenvalue weighted by Gasteiger charge is -2.37. The topological polar surface area (TPSA) is 65.2 Å². The first-order valence-electron chi connectivity index (χ1n) is 12.0. The molecule has 0 radical (unpaired) electrons. The highest BCUT2D eigenvalue weighted by Gasteiger charge is 2.47. The number of carbonyl (C=O) groups is 2. The maximum Gasteiger partial charge on any atom is 0.255 e. The summed E-state index contributed by atoms with van der Waals surface area (Å²) in [5, 5.41) is 4.26. The Morgan fingerprint density at radius 3 is 2.40 bits per heavy atom. The first-order valence-corrected chi connectivity index (χ1v) is 12.0. The molecule has 1 aliphatic rings. The number of nitrogens with zero attached hydrogens (tertiary/aromatic N) is 1. The van der Waals surface area contributed by atoms with E-state index in [1.54, 1.807) is 17.0 Å². The van der Waals surface area contributed by atoms with Crippen LogP contribution in [0, 0.1) is 0 Å². The highest BCUT2D eigenvalue weighted by Crippen LogP contribution is 2.32. The zero-order chi connectivity index (χ0) is 24.3. The summed E-state index contributed by atoms with van der Waals surface area (Å²) in [6.45, 7) is 2.32. The summed E-state index contributed by atoms with van der Waals surface area (Å²) in [5.41, 5.74) is 2.87. The average molecular weight is 464 g/mol. The van der Waals surface area contributed by atoms with Gasteiger partial charge in [0, 0.05) is 29.2 Å². The van der Waals surface area contributed by atoms with Crippen molar-refractivity contribution in [3.05, 3.63) is 120 Å². The van der Waals surface area contributed by atoms with Gasteiger partial charge in [-0.3, -0.25) is 9.59 Å². The van der Waals surface area contributed by atoms with Crippen molar-refractivity contribution in [3.63, 3.8) is 0 Å². The molecule has 1 aromatic heterocycles. The first-order chi connectivity index (χ1) is 17.1. The summed E-state index contributed by atoms with van der Waals surface area (Å²) >= 11 is 0. The van der Waals surface area contributed by atoms with Crippen molar-refractivity contribution in [1.29, 1.82) is 0 Å². The Balaban J connectivity index is 1.35. The van der Waals surface area contributed by atoms with Gasteiger partial charge in [-0.25, -0.2) is 0 Å². The lowest BCUT2D eigenvalue weighted by atomic mass is 9.98. The van der Waals surface area contributed by atoms with E-state index in [0.29, 0.717) is 24.9 Å². The molecule has 4 aromatic rings. The fourth-order valence-corrected chi connectivity index (χ4v) is 4.92. The number of aromatic amines is 1. The molecule has 5 heteroatoms. The normalized spacial score (nSPS) is 19.2. The summed E-state index contributed by atoms with van der Waals surface area (Å²) in [6, 6.07) is 27.2. The number of amides is 2. The Morgan fingerprint density at radius 2 is 1.63 bits per heavy atom. The molecule has 2 atom stereocenters. The van der Waals surface area contributed by atoms with Crippen molar-refractivity contribution < 1.29 is 9.59 Å². The first kappa shape index (κ1) is 22.7. The molecule has 0 aliphatic carbocycles. The molecule has 1 aliphatic heterocycles. The summed E-state index contributed by atoms with van der Waals surface area (Å²) in [6.07, 6.45) is 7.22. The van der Waals surface area contributed by atoms with Crippen LogP contribution in [0.1, 0.15) is 28.4 Å². The standard InChI is InChI=1S/C30H29N3O2/c1-30(29(35)31-19-17-24-21-32-27-15-9-8-14-26(24)27)18-16-25(20-22-10-4-2-5-11-22)33(30)28(34)23-12-6-3-7-13-23/h2-16,18,21,25,32H,17,19-20H2,1H3,(H,31,35)/t25-,30+/m0/s1. The predicted octanol–water partition coefficient (Wildman–Crippen LogP) is 4.91. The highest BCUT2D eigenvalue weighted by atomic mass is 16.2. The minimum Gasteiger partial charge on any atom is -0.361 e. The number of para-hydroxylation sites is 1. The molecule has 2 heterocycles. The van der Waals surface area contributed by atoms with Gasteiger partial charge < -0.3 is 15.2 Å². The van der Waals surface area contributed by atoms with E-state index < -0.39 is 5.54 Å². The van der Waals surface area contributed by atoms with Crippen LogP contribution in [0.2, 0.25) is 0 Å². The predicted molar refractivity (Wildman–Crippen MR) is 139 cm³/mol. The fourth-order valence-electron chi connectivity index (χ4n) is 4.92. The molecule has 5 rings (SSSR count). The number of hydrogen-bond donors (Lipinski definition) is 2. The zero-order valence-electron chi connectivity index (χ0n) is 19.8. The SMILES string of the molecule is C[C@]1(C(=O)NCCc2c[nH]c3ccccc23)C=C[C@@H](Cc2ccccc2)N1C(=O)c1ccccc1. The quantitative estimate of drug-likeness (QED) is 0.383. The Kier molecular flexibility index (Phi) is 6.23. The number of fused-ring (bicyclic) bond motifs is 1. The van der Waals surface area contributed by atoms with E-state index in [1.807, 2.05) is 79.9 Å². The van der Waals surface area contributed by atoms with E-state index >= 15 is 0 Å². The van der Waals surface area contributed by atoms with Crippen LogP contribution in [-0.4, -0.2) is 39.8 Å². The van der Waals surface area contributed by atoms with E-state index in [2.05, 4.69) is 28.5 Å². The third-order valence-corrected chi connectivity index (χ3v) is 6.82. The van der Waals surface area contributed by atoms with E-state index in [1.165, 1.54) is 0 Å². The van der Waals surface area contributed by atoms with Crippen LogP contribution in [0.5, 0.6) is 0 Å².